The molecule has 0 bridgehead atoms. The van der Waals surface area contributed by atoms with Gasteiger partial charge in [-0.15, -0.1) is 0 Å². The molecule has 1 aliphatic heterocycles. The number of amides is 2. The normalized spacial score (nSPS) is 18.4. The lowest BCUT2D eigenvalue weighted by atomic mass is 9.86. The first-order valence-corrected chi connectivity index (χ1v) is 6.26. The highest BCUT2D eigenvalue weighted by molar-refractivity contribution is 5.87. The Balaban J connectivity index is 2.51. The molecular formula is C13H20N3O3. The van der Waals surface area contributed by atoms with Crippen molar-refractivity contribution in [3.05, 3.63) is 6.42 Å². The molecule has 0 aromatic carbocycles. The fraction of sp³-hybridized carbons (Fsp3) is 0.692. The fourth-order valence-electron chi connectivity index (χ4n) is 1.72. The molecule has 3 N–H and O–H groups in total. The predicted octanol–water partition coefficient (Wildman–Crippen LogP) is 0.281. The van der Waals surface area contributed by atoms with Crippen LogP contribution in [0.5, 0.6) is 0 Å². The zero-order chi connectivity index (χ0) is 14.5. The minimum absolute atomic E-state index is 0.242. The highest BCUT2D eigenvalue weighted by atomic mass is 16.5. The molecule has 1 saturated heterocycles. The Kier molecular flexibility index (Phi) is 4.90. The molecule has 0 aromatic heterocycles. The number of carbonyl (C=O) groups excluding carboxylic acids is 2. The van der Waals surface area contributed by atoms with Gasteiger partial charge in [0.15, 0.2) is 0 Å². The summed E-state index contributed by atoms with van der Waals surface area (Å²) in [4.78, 5) is 23.0. The molecule has 2 amide bonds. The molecule has 0 unspecified atom stereocenters. The monoisotopic (exact) mass is 266 g/mol. The van der Waals surface area contributed by atoms with Gasteiger partial charge in [-0.2, -0.15) is 5.26 Å². The van der Waals surface area contributed by atoms with E-state index in [2.05, 4.69) is 11.4 Å². The average Bonchev–Trinajstić information content (AvgIpc) is 2.37. The minimum atomic E-state index is -0.858. The van der Waals surface area contributed by atoms with E-state index in [1.807, 2.05) is 0 Å². The lowest BCUT2D eigenvalue weighted by Crippen LogP contribution is -2.51. The largest absolute Gasteiger partial charge is 0.381 e. The van der Waals surface area contributed by atoms with Crippen LogP contribution in [-0.4, -0.2) is 30.6 Å². The van der Waals surface area contributed by atoms with Gasteiger partial charge >= 0.3 is 0 Å². The first-order chi connectivity index (χ1) is 8.81. The average molecular weight is 266 g/mol. The van der Waals surface area contributed by atoms with E-state index in [1.165, 1.54) is 6.42 Å². The van der Waals surface area contributed by atoms with Gasteiger partial charge in [0.2, 0.25) is 11.8 Å². The molecule has 1 rings (SSSR count). The van der Waals surface area contributed by atoms with Gasteiger partial charge in [-0.25, -0.2) is 0 Å². The molecular weight excluding hydrogens is 246 g/mol. The van der Waals surface area contributed by atoms with Gasteiger partial charge in [0.05, 0.1) is 12.5 Å². The fourth-order valence-corrected chi connectivity index (χ4v) is 1.72. The smallest absolute Gasteiger partial charge is 0.225 e. The molecule has 1 aliphatic rings. The molecule has 0 saturated carbocycles. The van der Waals surface area contributed by atoms with Crippen LogP contribution in [0.15, 0.2) is 0 Å². The van der Waals surface area contributed by atoms with Crippen molar-refractivity contribution in [3.63, 3.8) is 0 Å². The van der Waals surface area contributed by atoms with Crippen molar-refractivity contribution >= 4 is 11.8 Å². The Morgan fingerprint density at radius 3 is 2.53 bits per heavy atom. The highest BCUT2D eigenvalue weighted by Crippen LogP contribution is 2.23. The van der Waals surface area contributed by atoms with Gasteiger partial charge in [-0.3, -0.25) is 9.59 Å². The summed E-state index contributed by atoms with van der Waals surface area (Å²) in [7, 11) is 0. The third-order valence-electron chi connectivity index (χ3n) is 3.39. The zero-order valence-electron chi connectivity index (χ0n) is 11.4. The Morgan fingerprint density at radius 2 is 2.05 bits per heavy atom. The summed E-state index contributed by atoms with van der Waals surface area (Å²) < 4.78 is 5.18. The zero-order valence-corrected chi connectivity index (χ0v) is 11.4. The van der Waals surface area contributed by atoms with Crippen molar-refractivity contribution < 1.29 is 14.3 Å². The Hall–Kier alpha value is -1.61. The van der Waals surface area contributed by atoms with E-state index in [-0.39, 0.29) is 12.3 Å². The van der Waals surface area contributed by atoms with Crippen molar-refractivity contribution in [2.24, 2.45) is 11.1 Å². The standard InChI is InChI=1S/C13H20N3O3/c1-12(2,11(15)18)4-3-10(17)16-13(9-14)5-7-19-8-6-13/h3H,4-8H2,1-2H3,(H2,15,18)(H,16,17). The van der Waals surface area contributed by atoms with Crippen molar-refractivity contribution in [2.45, 2.75) is 38.6 Å². The van der Waals surface area contributed by atoms with Crippen LogP contribution in [0, 0.1) is 23.2 Å². The molecule has 0 aliphatic carbocycles. The number of hydrogen-bond acceptors (Lipinski definition) is 4. The lowest BCUT2D eigenvalue weighted by molar-refractivity contribution is -0.126. The van der Waals surface area contributed by atoms with Crippen molar-refractivity contribution in [1.82, 2.24) is 5.32 Å². The van der Waals surface area contributed by atoms with Gasteiger partial charge in [0.25, 0.3) is 0 Å². The third-order valence-corrected chi connectivity index (χ3v) is 3.39. The van der Waals surface area contributed by atoms with E-state index in [9.17, 15) is 14.9 Å². The summed E-state index contributed by atoms with van der Waals surface area (Å²) in [6.07, 6.45) is 2.57. The second-order valence-electron chi connectivity index (χ2n) is 5.45. The number of nitriles is 1. The van der Waals surface area contributed by atoms with Crippen LogP contribution in [0.2, 0.25) is 0 Å². The summed E-state index contributed by atoms with van der Waals surface area (Å²) in [5, 5.41) is 11.9. The summed E-state index contributed by atoms with van der Waals surface area (Å²) in [6.45, 7) is 4.27. The van der Waals surface area contributed by atoms with Gasteiger partial charge in [-0.1, -0.05) is 13.8 Å². The molecule has 1 radical (unpaired) electrons. The SMILES string of the molecule is CC(C)(C[CH]C(=O)NC1(C#N)CCOCC1)C(N)=O. The highest BCUT2D eigenvalue weighted by Gasteiger charge is 2.35. The van der Waals surface area contributed by atoms with Crippen molar-refractivity contribution in [2.75, 3.05) is 13.2 Å². The first-order valence-electron chi connectivity index (χ1n) is 6.26. The molecule has 1 fully saturated rings. The second-order valence-corrected chi connectivity index (χ2v) is 5.45. The first kappa shape index (κ1) is 15.4. The van der Waals surface area contributed by atoms with Crippen LogP contribution in [-0.2, 0) is 14.3 Å². The Morgan fingerprint density at radius 1 is 1.47 bits per heavy atom. The van der Waals surface area contributed by atoms with E-state index >= 15 is 0 Å². The van der Waals surface area contributed by atoms with Crippen LogP contribution < -0.4 is 11.1 Å². The maximum absolute atomic E-state index is 11.8. The molecule has 6 nitrogen and oxygen atoms in total. The minimum Gasteiger partial charge on any atom is -0.381 e. The number of ether oxygens (including phenoxy) is 1. The molecule has 6 heteroatoms. The molecule has 105 valence electrons. The molecule has 1 heterocycles. The van der Waals surface area contributed by atoms with Gasteiger partial charge in [0.1, 0.15) is 5.54 Å². The maximum atomic E-state index is 11.8. The molecule has 0 spiro atoms. The summed E-state index contributed by atoms with van der Waals surface area (Å²) in [5.41, 5.74) is 3.60. The van der Waals surface area contributed by atoms with Gasteiger partial charge < -0.3 is 15.8 Å². The number of primary amides is 1. The van der Waals surface area contributed by atoms with E-state index in [0.29, 0.717) is 26.1 Å². The topological polar surface area (TPSA) is 105 Å². The number of nitrogens with two attached hydrogens (primary N) is 1. The predicted molar refractivity (Wildman–Crippen MR) is 68.4 cm³/mol. The van der Waals surface area contributed by atoms with Crippen molar-refractivity contribution in [1.29, 1.82) is 5.26 Å². The van der Waals surface area contributed by atoms with E-state index in [1.54, 1.807) is 13.8 Å². The number of nitrogens with one attached hydrogen (secondary N) is 1. The summed E-state index contributed by atoms with van der Waals surface area (Å²) in [5.74, 6) is -0.810. The van der Waals surface area contributed by atoms with Gasteiger partial charge in [0, 0.05) is 31.5 Å². The van der Waals surface area contributed by atoms with E-state index in [0.717, 1.165) is 0 Å². The van der Waals surface area contributed by atoms with Crippen LogP contribution >= 0.6 is 0 Å². The maximum Gasteiger partial charge on any atom is 0.225 e. The summed E-state index contributed by atoms with van der Waals surface area (Å²) in [6, 6.07) is 2.14. The van der Waals surface area contributed by atoms with Crippen molar-refractivity contribution in [3.8, 4) is 6.07 Å². The Bertz CT molecular complexity index is 392. The van der Waals surface area contributed by atoms with E-state index < -0.39 is 16.9 Å². The number of hydrogen-bond donors (Lipinski definition) is 2. The summed E-state index contributed by atoms with van der Waals surface area (Å²) >= 11 is 0. The third kappa shape index (κ3) is 4.21. The lowest BCUT2D eigenvalue weighted by Gasteiger charge is -2.31. The van der Waals surface area contributed by atoms with E-state index in [4.69, 9.17) is 10.5 Å². The molecule has 0 aromatic rings. The number of carbonyl (C=O) groups is 2. The van der Waals surface area contributed by atoms with Crippen LogP contribution in [0.4, 0.5) is 0 Å². The quantitative estimate of drug-likeness (QED) is 0.745. The molecule has 0 atom stereocenters. The number of nitrogens with zero attached hydrogens (tertiary/aromatic N) is 1. The van der Waals surface area contributed by atoms with Crippen LogP contribution in [0.3, 0.4) is 0 Å². The van der Waals surface area contributed by atoms with Gasteiger partial charge in [-0.05, 0) is 6.42 Å². The van der Waals surface area contributed by atoms with Crippen LogP contribution in [0.1, 0.15) is 33.1 Å². The van der Waals surface area contributed by atoms with Crippen LogP contribution in [0.25, 0.3) is 0 Å². The number of rotatable bonds is 5. The molecule has 19 heavy (non-hydrogen) atoms. The second kappa shape index (κ2) is 6.02. The Labute approximate surface area is 113 Å².